The first-order valence-electron chi connectivity index (χ1n) is 32.7. The highest BCUT2D eigenvalue weighted by atomic mass is 16.6. The lowest BCUT2D eigenvalue weighted by molar-refractivity contribution is -0.155. The molecule has 0 aromatic rings. The first kappa shape index (κ1) is 86.1. The Balaban J connectivity index is 6.95. The molecule has 11 amide bonds. The number of ether oxygens (including phenoxy) is 1. The minimum absolute atomic E-state index is 0.0636. The SMILES string of the molecule is C/C=C/C[C@@H](C)[C@@H](O)[C@@H](C(=O)N[C@H](C(=O)N(C)CC(=O)O)[C@@H](C)O)N(C)C(=O)[C@H](C(C)C)N(C)C(=O)[C@H](CC(C)C)NC(=O)[C@H](CC(C)C)N(C)C(=O)[C@@H](C)NC(=O)[C@H](C)NC(=O)[C@H](CC(C)C)N(C)C(=O)[C@H](CC(C)C)NC(=O)[C@H](NC(=O)OC(C)(C)C)C(C)CC. The van der Waals surface area contributed by atoms with Crippen LogP contribution in [0.5, 0.6) is 0 Å². The van der Waals surface area contributed by atoms with E-state index in [-0.39, 0.29) is 61.7 Å². The van der Waals surface area contributed by atoms with E-state index in [4.69, 9.17) is 4.74 Å². The average Bonchev–Trinajstić information content (AvgIpc) is 0.858. The first-order chi connectivity index (χ1) is 42.7. The van der Waals surface area contributed by atoms with Gasteiger partial charge in [0.15, 0.2) is 0 Å². The van der Waals surface area contributed by atoms with Crippen LogP contribution in [-0.4, -0.2) is 231 Å². The number of allylic oxidation sites excluding steroid dienone is 2. The molecule has 534 valence electrons. The van der Waals surface area contributed by atoms with Gasteiger partial charge in [0.2, 0.25) is 59.1 Å². The van der Waals surface area contributed by atoms with Crippen molar-refractivity contribution >= 4 is 71.1 Å². The first-order valence-corrected chi connectivity index (χ1v) is 32.7. The standard InChI is InChI=1S/C66H119N11O16/c1-26-28-29-41(14)54(81)53(59(86)71-51(44(17)78)63(90)73(21)34-49(79)80)77(25)64(91)52(39(11)12)76(24)62(89)46(31-36(5)6)69-57(84)48(33-38(9)10)74(22)60(87)43(16)68-55(82)42(15)67-56(83)47(32-37(7)8)75(23)61(88)45(30-35(3)4)70-58(85)50(40(13)27-2)72-65(92)93-66(18,19)20/h26,28,35-48,50-54,78,81H,27,29-34H2,1-25H3,(H,67,83)(H,68,82)(H,69,84)(H,70,85)(H,71,86)(H,72,92)(H,79,80)/b28-26+/t40?,41-,42+,43-,44-,45+,46+,47+,48+,50-,51+,52+,53+,54-/m1/s1. The maximum absolute atomic E-state index is 14.9. The second kappa shape index (κ2) is 39.7. The van der Waals surface area contributed by atoms with Crippen LogP contribution in [0.1, 0.15) is 177 Å². The molecule has 0 fully saturated rings. The Morgan fingerprint density at radius 1 is 0.473 bits per heavy atom. The lowest BCUT2D eigenvalue weighted by Crippen LogP contribution is -2.64. The van der Waals surface area contributed by atoms with E-state index in [0.29, 0.717) is 6.42 Å². The zero-order valence-electron chi connectivity index (χ0n) is 60.5. The van der Waals surface area contributed by atoms with E-state index in [9.17, 15) is 72.9 Å². The molecule has 0 saturated carbocycles. The van der Waals surface area contributed by atoms with Crippen LogP contribution in [0.15, 0.2) is 12.2 Å². The fourth-order valence-corrected chi connectivity index (χ4v) is 10.6. The fourth-order valence-electron chi connectivity index (χ4n) is 10.6. The molecule has 0 spiro atoms. The zero-order valence-corrected chi connectivity index (χ0v) is 60.5. The van der Waals surface area contributed by atoms with Gasteiger partial charge < -0.3 is 76.5 Å². The largest absolute Gasteiger partial charge is 0.480 e. The van der Waals surface area contributed by atoms with Crippen LogP contribution >= 0.6 is 0 Å². The van der Waals surface area contributed by atoms with Crippen molar-refractivity contribution in [3.05, 3.63) is 12.2 Å². The lowest BCUT2D eigenvalue weighted by atomic mass is 9.91. The number of hydrogen-bond acceptors (Lipinski definition) is 15. The molecule has 0 aliphatic rings. The smallest absolute Gasteiger partial charge is 0.408 e. The van der Waals surface area contributed by atoms with E-state index in [1.54, 1.807) is 67.5 Å². The lowest BCUT2D eigenvalue weighted by Gasteiger charge is -2.40. The molecule has 27 heteroatoms. The summed E-state index contributed by atoms with van der Waals surface area (Å²) in [6.07, 6.45) is 0.823. The van der Waals surface area contributed by atoms with Crippen LogP contribution in [-0.2, 0) is 57.5 Å². The maximum Gasteiger partial charge on any atom is 0.408 e. The number of alkyl carbamates (subject to hydrolysis) is 1. The molecule has 93 heavy (non-hydrogen) atoms. The van der Waals surface area contributed by atoms with E-state index >= 15 is 0 Å². The molecule has 0 aromatic carbocycles. The van der Waals surface area contributed by atoms with Gasteiger partial charge in [0.1, 0.15) is 72.6 Å². The quantitative estimate of drug-likeness (QED) is 0.0400. The van der Waals surface area contributed by atoms with Crippen LogP contribution < -0.4 is 31.9 Å². The van der Waals surface area contributed by atoms with Crippen molar-refractivity contribution in [3.63, 3.8) is 0 Å². The number of carbonyl (C=O) groups excluding carboxylic acids is 11. The molecule has 0 heterocycles. The van der Waals surface area contributed by atoms with Crippen molar-refractivity contribution < 1.29 is 77.6 Å². The number of aliphatic hydroxyl groups excluding tert-OH is 2. The van der Waals surface area contributed by atoms with Gasteiger partial charge in [-0.15, -0.1) is 0 Å². The number of amides is 11. The molecule has 27 nitrogen and oxygen atoms in total. The zero-order chi connectivity index (χ0) is 72.6. The fraction of sp³-hybridized carbons (Fsp3) is 0.788. The van der Waals surface area contributed by atoms with Crippen LogP contribution in [0.3, 0.4) is 0 Å². The Kier molecular flexibility index (Phi) is 36.8. The molecule has 0 aromatic heterocycles. The summed E-state index contributed by atoms with van der Waals surface area (Å²) in [5, 5.41) is 47.9. The predicted octanol–water partition coefficient (Wildman–Crippen LogP) is 3.42. The third-order valence-electron chi connectivity index (χ3n) is 16.0. The molecule has 0 aliphatic carbocycles. The molecule has 9 N–H and O–H groups in total. The summed E-state index contributed by atoms with van der Waals surface area (Å²) in [5.74, 6) is -11.2. The van der Waals surface area contributed by atoms with E-state index in [2.05, 4.69) is 31.9 Å². The normalized spacial score (nSPS) is 16.4. The Hall–Kier alpha value is -6.90. The van der Waals surface area contributed by atoms with E-state index in [1.807, 2.05) is 62.3 Å². The number of aliphatic hydroxyl groups is 2. The van der Waals surface area contributed by atoms with E-state index in [0.717, 1.165) is 19.6 Å². The number of nitrogens with zero attached hydrogens (tertiary/aromatic N) is 5. The van der Waals surface area contributed by atoms with E-state index < -0.39 is 168 Å². The van der Waals surface area contributed by atoms with Crippen molar-refractivity contribution in [2.75, 3.05) is 41.8 Å². The van der Waals surface area contributed by atoms with Crippen molar-refractivity contribution in [3.8, 4) is 0 Å². The van der Waals surface area contributed by atoms with Gasteiger partial charge in [0.05, 0.1) is 12.2 Å². The summed E-state index contributed by atoms with van der Waals surface area (Å²) in [6.45, 7) is 33.4. The molecular formula is C66H119N11O16. The van der Waals surface area contributed by atoms with Gasteiger partial charge in [-0.2, -0.15) is 0 Å². The Labute approximate surface area is 553 Å². The van der Waals surface area contributed by atoms with Gasteiger partial charge in [-0.1, -0.05) is 109 Å². The molecular weight excluding hydrogens is 1200 g/mol. The van der Waals surface area contributed by atoms with Crippen molar-refractivity contribution in [1.29, 1.82) is 0 Å². The number of carbonyl (C=O) groups is 12. The maximum atomic E-state index is 14.9. The van der Waals surface area contributed by atoms with Gasteiger partial charge in [-0.25, -0.2) is 4.79 Å². The summed E-state index contributed by atoms with van der Waals surface area (Å²) in [7, 11) is 6.60. The number of carboxylic acids is 1. The van der Waals surface area contributed by atoms with Crippen molar-refractivity contribution in [2.45, 2.75) is 255 Å². The Bertz CT molecular complexity index is 2540. The second-order valence-corrected chi connectivity index (χ2v) is 28.2. The molecule has 0 saturated heterocycles. The minimum atomic E-state index is -1.72. The van der Waals surface area contributed by atoms with Gasteiger partial charge in [0, 0.05) is 35.2 Å². The monoisotopic (exact) mass is 1320 g/mol. The number of rotatable bonds is 38. The molecule has 0 radical (unpaired) electrons. The van der Waals surface area contributed by atoms with Crippen LogP contribution in [0.4, 0.5) is 4.79 Å². The summed E-state index contributed by atoms with van der Waals surface area (Å²) in [6, 6.07) is -13.1. The highest BCUT2D eigenvalue weighted by Gasteiger charge is 2.45. The molecule has 0 rings (SSSR count). The summed E-state index contributed by atoms with van der Waals surface area (Å²) >= 11 is 0. The highest BCUT2D eigenvalue weighted by molar-refractivity contribution is 5.99. The van der Waals surface area contributed by atoms with Gasteiger partial charge in [-0.3, -0.25) is 52.7 Å². The Morgan fingerprint density at radius 3 is 1.32 bits per heavy atom. The third kappa shape index (κ3) is 28.3. The molecule has 0 bridgehead atoms. The number of hydrogen-bond donors (Lipinski definition) is 9. The van der Waals surface area contributed by atoms with Crippen LogP contribution in [0.25, 0.3) is 0 Å². The topological polar surface area (TPSA) is 363 Å². The Morgan fingerprint density at radius 2 is 0.903 bits per heavy atom. The average molecular weight is 1320 g/mol. The van der Waals surface area contributed by atoms with Gasteiger partial charge in [-0.05, 0) is 122 Å². The third-order valence-corrected chi connectivity index (χ3v) is 16.0. The second-order valence-electron chi connectivity index (χ2n) is 28.2. The summed E-state index contributed by atoms with van der Waals surface area (Å²) in [4.78, 5) is 173. The minimum Gasteiger partial charge on any atom is -0.480 e. The van der Waals surface area contributed by atoms with Crippen LogP contribution in [0.2, 0.25) is 0 Å². The van der Waals surface area contributed by atoms with Crippen molar-refractivity contribution in [2.24, 2.45) is 41.4 Å². The van der Waals surface area contributed by atoms with Gasteiger partial charge >= 0.3 is 12.1 Å². The van der Waals surface area contributed by atoms with E-state index in [1.165, 1.54) is 60.9 Å². The number of likely N-dealkylation sites (N-methyl/N-ethyl adjacent to an activating group) is 5. The van der Waals surface area contributed by atoms with Gasteiger partial charge in [0.25, 0.3) is 0 Å². The molecule has 1 unspecified atom stereocenters. The molecule has 14 atom stereocenters. The summed E-state index contributed by atoms with van der Waals surface area (Å²) in [5.41, 5.74) is -0.838. The van der Waals surface area contributed by atoms with Crippen molar-refractivity contribution in [1.82, 2.24) is 56.4 Å². The number of aliphatic carboxylic acids is 1. The highest BCUT2D eigenvalue weighted by Crippen LogP contribution is 2.24. The summed E-state index contributed by atoms with van der Waals surface area (Å²) < 4.78 is 5.42. The predicted molar refractivity (Wildman–Crippen MR) is 354 cm³/mol. The van der Waals surface area contributed by atoms with Crippen LogP contribution in [0, 0.1) is 41.4 Å². The molecule has 0 aliphatic heterocycles. The number of carboxylic acid groups (broad SMARTS) is 1. The number of nitrogens with one attached hydrogen (secondary N) is 6.